The molecular formula is C17H13N7. The zero-order valence-corrected chi connectivity index (χ0v) is 12.6. The van der Waals surface area contributed by atoms with E-state index in [2.05, 4.69) is 30.6 Å². The Hall–Kier alpha value is -3.61. The molecule has 24 heavy (non-hydrogen) atoms. The number of para-hydroxylation sites is 1. The van der Waals surface area contributed by atoms with Gasteiger partial charge in [-0.3, -0.25) is 10.4 Å². The van der Waals surface area contributed by atoms with Gasteiger partial charge < -0.3 is 0 Å². The molecule has 0 fully saturated rings. The summed E-state index contributed by atoms with van der Waals surface area (Å²) in [5, 5.41) is 9.37. The SMILES string of the molecule is C(=NNc1ncnc2c1cnn2-c1ccccc1)c1ccccn1. The van der Waals surface area contributed by atoms with Crippen LogP contribution in [0.15, 0.2) is 72.4 Å². The molecule has 0 amide bonds. The molecule has 7 nitrogen and oxygen atoms in total. The fourth-order valence-corrected chi connectivity index (χ4v) is 2.30. The first-order valence-corrected chi connectivity index (χ1v) is 7.36. The van der Waals surface area contributed by atoms with Gasteiger partial charge in [0.1, 0.15) is 6.33 Å². The number of hydrazone groups is 1. The molecule has 0 atom stereocenters. The van der Waals surface area contributed by atoms with Gasteiger partial charge in [-0.1, -0.05) is 24.3 Å². The molecule has 0 saturated carbocycles. The minimum atomic E-state index is 0.592. The lowest BCUT2D eigenvalue weighted by molar-refractivity contribution is 0.895. The van der Waals surface area contributed by atoms with E-state index in [1.54, 1.807) is 23.3 Å². The molecule has 1 N–H and O–H groups in total. The summed E-state index contributed by atoms with van der Waals surface area (Å²) < 4.78 is 1.77. The van der Waals surface area contributed by atoms with Crippen molar-refractivity contribution in [2.24, 2.45) is 5.10 Å². The number of benzene rings is 1. The third-order valence-corrected chi connectivity index (χ3v) is 3.42. The molecule has 4 aromatic rings. The first-order valence-electron chi connectivity index (χ1n) is 7.36. The summed E-state index contributed by atoms with van der Waals surface area (Å²) in [5.74, 6) is 0.592. The maximum absolute atomic E-state index is 4.40. The van der Waals surface area contributed by atoms with Crippen LogP contribution in [0.2, 0.25) is 0 Å². The largest absolute Gasteiger partial charge is 0.261 e. The molecule has 0 radical (unpaired) electrons. The summed E-state index contributed by atoms with van der Waals surface area (Å²) in [4.78, 5) is 12.7. The average Bonchev–Trinajstić information content (AvgIpc) is 3.08. The monoisotopic (exact) mass is 315 g/mol. The number of nitrogens with zero attached hydrogens (tertiary/aromatic N) is 6. The van der Waals surface area contributed by atoms with Crippen LogP contribution in [0.1, 0.15) is 5.69 Å². The van der Waals surface area contributed by atoms with Crippen LogP contribution in [0.4, 0.5) is 5.82 Å². The first-order chi connectivity index (χ1) is 11.9. The molecule has 0 spiro atoms. The van der Waals surface area contributed by atoms with Gasteiger partial charge in [0.15, 0.2) is 11.5 Å². The Kier molecular flexibility index (Phi) is 3.65. The topological polar surface area (TPSA) is 80.9 Å². The van der Waals surface area contributed by atoms with Gasteiger partial charge in [-0.25, -0.2) is 14.6 Å². The highest BCUT2D eigenvalue weighted by molar-refractivity contribution is 5.87. The van der Waals surface area contributed by atoms with Crippen molar-refractivity contribution in [3.05, 3.63) is 72.9 Å². The van der Waals surface area contributed by atoms with Crippen molar-refractivity contribution in [2.75, 3.05) is 5.43 Å². The van der Waals surface area contributed by atoms with Crippen LogP contribution < -0.4 is 5.43 Å². The Labute approximate surface area is 137 Å². The van der Waals surface area contributed by atoms with E-state index in [1.165, 1.54) is 6.33 Å². The Bertz CT molecular complexity index is 978. The van der Waals surface area contributed by atoms with Gasteiger partial charge >= 0.3 is 0 Å². The molecule has 0 saturated heterocycles. The second kappa shape index (κ2) is 6.25. The van der Waals surface area contributed by atoms with Crippen molar-refractivity contribution in [1.82, 2.24) is 24.7 Å². The minimum absolute atomic E-state index is 0.592. The molecule has 0 aliphatic carbocycles. The molecule has 0 aliphatic heterocycles. The normalized spacial score (nSPS) is 11.2. The zero-order chi connectivity index (χ0) is 16.2. The number of rotatable bonds is 4. The van der Waals surface area contributed by atoms with Crippen molar-refractivity contribution in [1.29, 1.82) is 0 Å². The van der Waals surface area contributed by atoms with Crippen molar-refractivity contribution in [3.8, 4) is 5.69 Å². The number of hydrogen-bond donors (Lipinski definition) is 1. The van der Waals surface area contributed by atoms with E-state index in [0.29, 0.717) is 11.5 Å². The van der Waals surface area contributed by atoms with E-state index in [1.807, 2.05) is 48.5 Å². The Morgan fingerprint density at radius 1 is 0.958 bits per heavy atom. The standard InChI is InChI=1S/C17H13N7/c1-2-7-14(8-3-1)24-17-15(11-22-24)16(19-12-20-17)23-21-10-13-6-4-5-9-18-13/h1-12H,(H,19,20,23). The van der Waals surface area contributed by atoms with Crippen LogP contribution in [-0.2, 0) is 0 Å². The number of hydrogen-bond acceptors (Lipinski definition) is 6. The molecule has 3 aromatic heterocycles. The Balaban J connectivity index is 1.65. The highest BCUT2D eigenvalue weighted by atomic mass is 15.3. The summed E-state index contributed by atoms with van der Waals surface area (Å²) in [6.07, 6.45) is 6.56. The number of aromatic nitrogens is 5. The van der Waals surface area contributed by atoms with E-state index < -0.39 is 0 Å². The van der Waals surface area contributed by atoms with Gasteiger partial charge in [0.05, 0.1) is 29.2 Å². The summed E-state index contributed by atoms with van der Waals surface area (Å²) in [6, 6.07) is 15.5. The Morgan fingerprint density at radius 3 is 2.67 bits per heavy atom. The molecule has 0 bridgehead atoms. The molecule has 0 aliphatic rings. The molecule has 3 heterocycles. The van der Waals surface area contributed by atoms with E-state index in [0.717, 1.165) is 16.8 Å². The first kappa shape index (κ1) is 14.0. The lowest BCUT2D eigenvalue weighted by Gasteiger charge is -2.03. The van der Waals surface area contributed by atoms with Crippen LogP contribution in [0.5, 0.6) is 0 Å². The van der Waals surface area contributed by atoms with Crippen LogP contribution in [-0.4, -0.2) is 30.9 Å². The molecule has 4 rings (SSSR count). The number of nitrogens with one attached hydrogen (secondary N) is 1. The van der Waals surface area contributed by atoms with E-state index in [-0.39, 0.29) is 0 Å². The quantitative estimate of drug-likeness (QED) is 0.462. The maximum Gasteiger partial charge on any atom is 0.168 e. The molecule has 7 heteroatoms. The highest BCUT2D eigenvalue weighted by Crippen LogP contribution is 2.21. The number of pyridine rings is 1. The molecular weight excluding hydrogens is 302 g/mol. The maximum atomic E-state index is 4.40. The summed E-state index contributed by atoms with van der Waals surface area (Å²) >= 11 is 0. The van der Waals surface area contributed by atoms with E-state index >= 15 is 0 Å². The lowest BCUT2D eigenvalue weighted by Crippen LogP contribution is -1.99. The van der Waals surface area contributed by atoms with Crippen molar-refractivity contribution < 1.29 is 0 Å². The van der Waals surface area contributed by atoms with Crippen LogP contribution in [0, 0.1) is 0 Å². The second-order valence-corrected chi connectivity index (χ2v) is 4.98. The fourth-order valence-electron chi connectivity index (χ4n) is 2.30. The van der Waals surface area contributed by atoms with E-state index in [9.17, 15) is 0 Å². The molecule has 0 unspecified atom stereocenters. The highest BCUT2D eigenvalue weighted by Gasteiger charge is 2.10. The molecule has 116 valence electrons. The predicted octanol–water partition coefficient (Wildman–Crippen LogP) is 2.66. The van der Waals surface area contributed by atoms with Gasteiger partial charge in [-0.15, -0.1) is 0 Å². The van der Waals surface area contributed by atoms with Crippen molar-refractivity contribution in [3.63, 3.8) is 0 Å². The van der Waals surface area contributed by atoms with Gasteiger partial charge in [0, 0.05) is 6.20 Å². The average molecular weight is 315 g/mol. The van der Waals surface area contributed by atoms with Gasteiger partial charge in [0.2, 0.25) is 0 Å². The zero-order valence-electron chi connectivity index (χ0n) is 12.6. The predicted molar refractivity (Wildman–Crippen MR) is 92.1 cm³/mol. The summed E-state index contributed by atoms with van der Waals surface area (Å²) in [5.41, 5.74) is 5.34. The van der Waals surface area contributed by atoms with Gasteiger partial charge in [-0.2, -0.15) is 10.2 Å². The third kappa shape index (κ3) is 2.70. The summed E-state index contributed by atoms with van der Waals surface area (Å²) in [6.45, 7) is 0. The lowest BCUT2D eigenvalue weighted by atomic mass is 10.3. The van der Waals surface area contributed by atoms with Crippen LogP contribution in [0.25, 0.3) is 16.7 Å². The smallest absolute Gasteiger partial charge is 0.168 e. The van der Waals surface area contributed by atoms with Crippen molar-refractivity contribution >= 4 is 23.1 Å². The summed E-state index contributed by atoms with van der Waals surface area (Å²) in [7, 11) is 0. The van der Waals surface area contributed by atoms with Gasteiger partial charge in [-0.05, 0) is 24.3 Å². The van der Waals surface area contributed by atoms with E-state index in [4.69, 9.17) is 0 Å². The van der Waals surface area contributed by atoms with Crippen LogP contribution in [0.3, 0.4) is 0 Å². The van der Waals surface area contributed by atoms with Crippen LogP contribution >= 0.6 is 0 Å². The number of fused-ring (bicyclic) bond motifs is 1. The van der Waals surface area contributed by atoms with Gasteiger partial charge in [0.25, 0.3) is 0 Å². The number of anilines is 1. The second-order valence-electron chi connectivity index (χ2n) is 4.98. The third-order valence-electron chi connectivity index (χ3n) is 3.42. The molecule has 1 aromatic carbocycles. The Morgan fingerprint density at radius 2 is 1.83 bits per heavy atom. The fraction of sp³-hybridized carbons (Fsp3) is 0. The van der Waals surface area contributed by atoms with Crippen molar-refractivity contribution in [2.45, 2.75) is 0 Å². The minimum Gasteiger partial charge on any atom is -0.261 e.